The molecule has 1 nitrogen and oxygen atoms in total. The minimum Gasteiger partial charge on any atom is -0.299 e. The van der Waals surface area contributed by atoms with E-state index in [1.807, 2.05) is 0 Å². The highest BCUT2D eigenvalue weighted by Gasteiger charge is 2.13. The average molecular weight is 290 g/mol. The van der Waals surface area contributed by atoms with E-state index in [9.17, 15) is 8.78 Å². The van der Waals surface area contributed by atoms with E-state index in [4.69, 9.17) is 0 Å². The zero-order chi connectivity index (χ0) is 11.5. The third kappa shape index (κ3) is 2.80. The maximum absolute atomic E-state index is 13.2. The van der Waals surface area contributed by atoms with Crippen molar-refractivity contribution in [1.82, 2.24) is 4.90 Å². The molecule has 0 atom stereocenters. The van der Waals surface area contributed by atoms with Crippen molar-refractivity contribution in [3.63, 3.8) is 0 Å². The number of piperidine rings is 1. The fraction of sp³-hybridized carbons (Fsp3) is 0.500. The van der Waals surface area contributed by atoms with E-state index in [0.717, 1.165) is 18.7 Å². The number of nitrogens with zero attached hydrogens (tertiary/aromatic N) is 1. The van der Waals surface area contributed by atoms with Crippen LogP contribution in [0.3, 0.4) is 0 Å². The summed E-state index contributed by atoms with van der Waals surface area (Å²) in [6.45, 7) is 2.81. The van der Waals surface area contributed by atoms with Crippen LogP contribution >= 0.6 is 15.9 Å². The van der Waals surface area contributed by atoms with Crippen LogP contribution in [0.25, 0.3) is 0 Å². The van der Waals surface area contributed by atoms with E-state index < -0.39 is 11.6 Å². The van der Waals surface area contributed by atoms with Crippen LogP contribution in [0.2, 0.25) is 0 Å². The molecule has 88 valence electrons. The predicted molar refractivity (Wildman–Crippen MR) is 63.2 cm³/mol. The van der Waals surface area contributed by atoms with Gasteiger partial charge in [0, 0.05) is 6.54 Å². The van der Waals surface area contributed by atoms with E-state index >= 15 is 0 Å². The Morgan fingerprint density at radius 2 is 1.81 bits per heavy atom. The van der Waals surface area contributed by atoms with E-state index in [2.05, 4.69) is 20.8 Å². The van der Waals surface area contributed by atoms with Gasteiger partial charge in [0.05, 0.1) is 4.47 Å². The molecule has 1 aromatic carbocycles. The predicted octanol–water partition coefficient (Wildman–Crippen LogP) is 3.71. The molecule has 0 aliphatic carbocycles. The molecule has 1 fully saturated rings. The zero-order valence-electron chi connectivity index (χ0n) is 8.98. The first kappa shape index (κ1) is 12.0. The highest BCUT2D eigenvalue weighted by Crippen LogP contribution is 2.22. The van der Waals surface area contributed by atoms with Crippen LogP contribution in [0, 0.1) is 11.6 Å². The van der Waals surface area contributed by atoms with Gasteiger partial charge in [-0.1, -0.05) is 6.42 Å². The fourth-order valence-electron chi connectivity index (χ4n) is 2.08. The van der Waals surface area contributed by atoms with Crippen LogP contribution in [0.1, 0.15) is 24.8 Å². The van der Waals surface area contributed by atoms with Gasteiger partial charge in [-0.3, -0.25) is 4.90 Å². The first-order valence-electron chi connectivity index (χ1n) is 5.52. The number of hydrogen-bond donors (Lipinski definition) is 0. The standard InChI is InChI=1S/C12H14BrF2N/c13-10-6-9(7-11(14)12(10)15)8-16-4-2-1-3-5-16/h6-7H,1-5,8H2. The normalized spacial score (nSPS) is 17.7. The van der Waals surface area contributed by atoms with Crippen molar-refractivity contribution in [3.05, 3.63) is 33.8 Å². The molecule has 0 radical (unpaired) electrons. The van der Waals surface area contributed by atoms with Gasteiger partial charge in [-0.05, 0) is 59.6 Å². The third-order valence-electron chi connectivity index (χ3n) is 2.90. The third-order valence-corrected chi connectivity index (χ3v) is 3.48. The maximum atomic E-state index is 13.2. The Labute approximate surface area is 103 Å². The van der Waals surface area contributed by atoms with Gasteiger partial charge in [0.2, 0.25) is 0 Å². The summed E-state index contributed by atoms with van der Waals surface area (Å²) in [7, 11) is 0. The molecule has 0 amide bonds. The Bertz CT molecular complexity index is 352. The second-order valence-electron chi connectivity index (χ2n) is 4.21. The lowest BCUT2D eigenvalue weighted by molar-refractivity contribution is 0.220. The van der Waals surface area contributed by atoms with Crippen molar-refractivity contribution >= 4 is 15.9 Å². The van der Waals surface area contributed by atoms with E-state index in [1.165, 1.54) is 25.3 Å². The molecule has 1 aliphatic heterocycles. The molecule has 1 heterocycles. The molecular formula is C12H14BrF2N. The first-order chi connectivity index (χ1) is 7.66. The van der Waals surface area contributed by atoms with Crippen LogP contribution in [-0.2, 0) is 6.54 Å². The summed E-state index contributed by atoms with van der Waals surface area (Å²) in [6, 6.07) is 2.95. The molecule has 0 saturated carbocycles. The monoisotopic (exact) mass is 289 g/mol. The van der Waals surface area contributed by atoms with Crippen molar-refractivity contribution in [2.24, 2.45) is 0 Å². The molecule has 0 spiro atoms. The molecule has 0 aromatic heterocycles. The highest BCUT2D eigenvalue weighted by molar-refractivity contribution is 9.10. The minimum atomic E-state index is -0.803. The quantitative estimate of drug-likeness (QED) is 0.750. The molecule has 1 saturated heterocycles. The van der Waals surface area contributed by atoms with Gasteiger partial charge in [0.25, 0.3) is 0 Å². The van der Waals surface area contributed by atoms with Crippen LogP contribution in [0.4, 0.5) is 8.78 Å². The lowest BCUT2D eigenvalue weighted by Gasteiger charge is -2.26. The summed E-state index contributed by atoms with van der Waals surface area (Å²) in [5.74, 6) is -1.58. The van der Waals surface area contributed by atoms with Gasteiger partial charge in [0.15, 0.2) is 11.6 Å². The molecule has 4 heteroatoms. The van der Waals surface area contributed by atoms with Crippen molar-refractivity contribution in [2.75, 3.05) is 13.1 Å². The Hall–Kier alpha value is -0.480. The van der Waals surface area contributed by atoms with Crippen LogP contribution in [0.5, 0.6) is 0 Å². The zero-order valence-corrected chi connectivity index (χ0v) is 10.6. The number of likely N-dealkylation sites (tertiary alicyclic amines) is 1. The maximum Gasteiger partial charge on any atom is 0.172 e. The summed E-state index contributed by atoms with van der Waals surface area (Å²) in [5, 5.41) is 0. The number of rotatable bonds is 2. The van der Waals surface area contributed by atoms with Crippen molar-refractivity contribution in [1.29, 1.82) is 0 Å². The molecule has 1 aliphatic rings. The second-order valence-corrected chi connectivity index (χ2v) is 5.06. The summed E-state index contributed by atoms with van der Waals surface area (Å²) < 4.78 is 26.4. The molecular weight excluding hydrogens is 276 g/mol. The van der Waals surface area contributed by atoms with Gasteiger partial charge in [-0.25, -0.2) is 8.78 Å². The lowest BCUT2D eigenvalue weighted by Crippen LogP contribution is -2.29. The fourth-order valence-corrected chi connectivity index (χ4v) is 2.56. The second kappa shape index (κ2) is 5.23. The molecule has 0 unspecified atom stereocenters. The molecule has 2 rings (SSSR count). The van der Waals surface area contributed by atoms with Crippen molar-refractivity contribution in [2.45, 2.75) is 25.8 Å². The number of benzene rings is 1. The van der Waals surface area contributed by atoms with E-state index in [1.54, 1.807) is 6.07 Å². The number of hydrogen-bond acceptors (Lipinski definition) is 1. The largest absolute Gasteiger partial charge is 0.299 e. The smallest absolute Gasteiger partial charge is 0.172 e. The molecule has 0 N–H and O–H groups in total. The van der Waals surface area contributed by atoms with Crippen LogP contribution in [0.15, 0.2) is 16.6 Å². The summed E-state index contributed by atoms with van der Waals surface area (Å²) in [5.41, 5.74) is 0.827. The SMILES string of the molecule is Fc1cc(CN2CCCCC2)cc(Br)c1F. The highest BCUT2D eigenvalue weighted by atomic mass is 79.9. The first-order valence-corrected chi connectivity index (χ1v) is 6.32. The minimum absolute atomic E-state index is 0.208. The Balaban J connectivity index is 2.09. The van der Waals surface area contributed by atoms with Gasteiger partial charge < -0.3 is 0 Å². The Kier molecular flexibility index (Phi) is 3.92. The van der Waals surface area contributed by atoms with E-state index in [-0.39, 0.29) is 4.47 Å². The summed E-state index contributed by atoms with van der Waals surface area (Å²) in [4.78, 5) is 2.28. The topological polar surface area (TPSA) is 3.24 Å². The van der Waals surface area contributed by atoms with E-state index in [0.29, 0.717) is 6.54 Å². The van der Waals surface area contributed by atoms with Crippen LogP contribution in [-0.4, -0.2) is 18.0 Å². The lowest BCUT2D eigenvalue weighted by atomic mass is 10.1. The van der Waals surface area contributed by atoms with Gasteiger partial charge >= 0.3 is 0 Å². The summed E-state index contributed by atoms with van der Waals surface area (Å²) >= 11 is 3.03. The summed E-state index contributed by atoms with van der Waals surface area (Å²) in [6.07, 6.45) is 3.67. The Morgan fingerprint density at radius 1 is 1.12 bits per heavy atom. The Morgan fingerprint density at radius 3 is 2.44 bits per heavy atom. The molecule has 1 aromatic rings. The van der Waals surface area contributed by atoms with Gasteiger partial charge in [-0.2, -0.15) is 0 Å². The van der Waals surface area contributed by atoms with Gasteiger partial charge in [-0.15, -0.1) is 0 Å². The average Bonchev–Trinajstić information content (AvgIpc) is 2.27. The van der Waals surface area contributed by atoms with Crippen molar-refractivity contribution < 1.29 is 8.78 Å². The molecule has 16 heavy (non-hydrogen) atoms. The number of halogens is 3. The molecule has 0 bridgehead atoms. The van der Waals surface area contributed by atoms with Crippen molar-refractivity contribution in [3.8, 4) is 0 Å². The van der Waals surface area contributed by atoms with Crippen LogP contribution < -0.4 is 0 Å². The van der Waals surface area contributed by atoms with Gasteiger partial charge in [0.1, 0.15) is 0 Å².